The van der Waals surface area contributed by atoms with E-state index in [4.69, 9.17) is 0 Å². The number of amides is 1. The summed E-state index contributed by atoms with van der Waals surface area (Å²) in [5, 5.41) is 12.4. The number of thioether (sulfide) groups is 1. The molecule has 4 rings (SSSR count). The average Bonchev–Trinajstić information content (AvgIpc) is 3.39. The van der Waals surface area contributed by atoms with Crippen LogP contribution >= 0.6 is 11.8 Å². The Labute approximate surface area is 152 Å². The lowest BCUT2D eigenvalue weighted by Gasteiger charge is -2.27. The second-order valence-electron chi connectivity index (χ2n) is 7.04. The van der Waals surface area contributed by atoms with Crippen molar-refractivity contribution in [3.63, 3.8) is 0 Å². The van der Waals surface area contributed by atoms with Crippen LogP contribution in [0.2, 0.25) is 0 Å². The molecule has 1 heterocycles. The number of carbonyl (C=O) groups excluding carboxylic acids is 1. The van der Waals surface area contributed by atoms with Crippen LogP contribution < -0.4 is 5.32 Å². The predicted molar refractivity (Wildman–Crippen MR) is 98.6 cm³/mol. The van der Waals surface area contributed by atoms with Gasteiger partial charge in [-0.3, -0.25) is 4.79 Å². The molecule has 2 atom stereocenters. The van der Waals surface area contributed by atoms with Crippen molar-refractivity contribution < 1.29 is 4.79 Å². The van der Waals surface area contributed by atoms with Gasteiger partial charge in [0.1, 0.15) is 5.82 Å². The van der Waals surface area contributed by atoms with Crippen LogP contribution in [0, 0.1) is 6.92 Å². The Morgan fingerprint density at radius 2 is 2.08 bits per heavy atom. The summed E-state index contributed by atoms with van der Waals surface area (Å²) in [5.41, 5.74) is 2.64. The summed E-state index contributed by atoms with van der Waals surface area (Å²) in [4.78, 5) is 12.7. The largest absolute Gasteiger partial charge is 0.348 e. The van der Waals surface area contributed by atoms with Crippen LogP contribution in [0.1, 0.15) is 61.6 Å². The molecule has 0 bridgehead atoms. The second-order valence-corrected chi connectivity index (χ2v) is 8.35. The third-order valence-electron chi connectivity index (χ3n) is 5.08. The first-order valence-electron chi connectivity index (χ1n) is 9.10. The van der Waals surface area contributed by atoms with Crippen molar-refractivity contribution in [2.24, 2.45) is 0 Å². The third-order valence-corrected chi connectivity index (χ3v) is 6.14. The van der Waals surface area contributed by atoms with Gasteiger partial charge in [-0.05, 0) is 57.1 Å². The van der Waals surface area contributed by atoms with Crippen LogP contribution in [0.15, 0.2) is 29.4 Å². The van der Waals surface area contributed by atoms with Gasteiger partial charge >= 0.3 is 0 Å². The van der Waals surface area contributed by atoms with Gasteiger partial charge in [0.2, 0.25) is 5.91 Å². The van der Waals surface area contributed by atoms with E-state index in [2.05, 4.69) is 44.3 Å². The van der Waals surface area contributed by atoms with Crippen LogP contribution in [-0.2, 0) is 11.2 Å². The number of rotatable bonds is 5. The van der Waals surface area contributed by atoms with E-state index in [9.17, 15) is 4.79 Å². The number of hydrogen-bond donors (Lipinski definition) is 1. The van der Waals surface area contributed by atoms with E-state index in [1.54, 1.807) is 0 Å². The molecule has 1 amide bonds. The number of fused-ring (bicyclic) bond motifs is 1. The van der Waals surface area contributed by atoms with Crippen LogP contribution in [0.5, 0.6) is 0 Å². The molecule has 2 aliphatic rings. The summed E-state index contributed by atoms with van der Waals surface area (Å²) in [5.74, 6) is 1.02. The van der Waals surface area contributed by atoms with E-state index in [0.717, 1.165) is 30.2 Å². The number of hydrogen-bond acceptors (Lipinski definition) is 4. The minimum Gasteiger partial charge on any atom is -0.348 e. The van der Waals surface area contributed by atoms with Crippen molar-refractivity contribution in [2.75, 3.05) is 0 Å². The normalized spacial score (nSPS) is 20.8. The molecule has 0 saturated heterocycles. The first kappa shape index (κ1) is 16.6. The molecule has 1 fully saturated rings. The number of aryl methyl sites for hydroxylation is 2. The fourth-order valence-electron chi connectivity index (χ4n) is 3.59. The lowest BCUT2D eigenvalue weighted by Crippen LogP contribution is -2.36. The van der Waals surface area contributed by atoms with Gasteiger partial charge in [0.15, 0.2) is 5.16 Å². The molecule has 1 saturated carbocycles. The minimum absolute atomic E-state index is 0.0784. The summed E-state index contributed by atoms with van der Waals surface area (Å²) in [6.45, 7) is 3.94. The van der Waals surface area contributed by atoms with E-state index in [-0.39, 0.29) is 17.2 Å². The van der Waals surface area contributed by atoms with Crippen molar-refractivity contribution >= 4 is 17.7 Å². The van der Waals surface area contributed by atoms with Gasteiger partial charge in [0, 0.05) is 6.04 Å². The Hall–Kier alpha value is -1.82. The molecule has 0 radical (unpaired) electrons. The van der Waals surface area contributed by atoms with Crippen molar-refractivity contribution in [1.29, 1.82) is 0 Å². The molecule has 2 aromatic rings. The smallest absolute Gasteiger partial charge is 0.233 e. The molecule has 0 aliphatic heterocycles. The number of nitrogens with zero attached hydrogens (tertiary/aromatic N) is 3. The lowest BCUT2D eigenvalue weighted by atomic mass is 9.88. The fourth-order valence-corrected chi connectivity index (χ4v) is 4.56. The zero-order valence-corrected chi connectivity index (χ0v) is 15.6. The highest BCUT2D eigenvalue weighted by Gasteiger charge is 2.30. The van der Waals surface area contributed by atoms with E-state index in [0.29, 0.717) is 6.04 Å². The quantitative estimate of drug-likeness (QED) is 0.832. The van der Waals surface area contributed by atoms with Crippen molar-refractivity contribution in [3.05, 3.63) is 41.2 Å². The Bertz CT molecular complexity index is 783. The molecule has 1 aromatic carbocycles. The van der Waals surface area contributed by atoms with Gasteiger partial charge in [0.25, 0.3) is 0 Å². The number of nitrogens with one attached hydrogen (secondary N) is 1. The SMILES string of the molecule is Cc1nnc(SC(C)C(=O)NC2CCCc3ccccc32)n1C1CC1. The van der Waals surface area contributed by atoms with Crippen LogP contribution in [0.4, 0.5) is 0 Å². The topological polar surface area (TPSA) is 59.8 Å². The molecule has 2 aliphatic carbocycles. The van der Waals surface area contributed by atoms with E-state index >= 15 is 0 Å². The van der Waals surface area contributed by atoms with Crippen molar-refractivity contribution in [1.82, 2.24) is 20.1 Å². The first-order valence-corrected chi connectivity index (χ1v) is 9.98. The molecule has 5 nitrogen and oxygen atoms in total. The van der Waals surface area contributed by atoms with Gasteiger partial charge < -0.3 is 9.88 Å². The monoisotopic (exact) mass is 356 g/mol. The Morgan fingerprint density at radius 1 is 1.28 bits per heavy atom. The lowest BCUT2D eigenvalue weighted by molar-refractivity contribution is -0.121. The summed E-state index contributed by atoms with van der Waals surface area (Å²) in [6, 6.07) is 9.11. The molecule has 1 N–H and O–H groups in total. The molecule has 2 unspecified atom stereocenters. The average molecular weight is 356 g/mol. The van der Waals surface area contributed by atoms with E-state index < -0.39 is 0 Å². The molecule has 132 valence electrons. The molecule has 0 spiro atoms. The number of carbonyl (C=O) groups is 1. The standard InChI is InChI=1S/C19H24N4OS/c1-12(25-19-22-21-13(2)23(19)15-10-11-15)18(24)20-17-9-5-7-14-6-3-4-8-16(14)17/h3-4,6,8,12,15,17H,5,7,9-11H2,1-2H3,(H,20,24). The molecule has 25 heavy (non-hydrogen) atoms. The predicted octanol–water partition coefficient (Wildman–Crippen LogP) is 3.60. The van der Waals surface area contributed by atoms with Crippen LogP contribution in [0.3, 0.4) is 0 Å². The summed E-state index contributed by atoms with van der Waals surface area (Å²) in [6.07, 6.45) is 5.62. The highest BCUT2D eigenvalue weighted by molar-refractivity contribution is 8.00. The number of aromatic nitrogens is 3. The van der Waals surface area contributed by atoms with E-state index in [1.165, 1.54) is 35.7 Å². The molecule has 6 heteroatoms. The number of benzene rings is 1. The first-order chi connectivity index (χ1) is 12.1. The summed E-state index contributed by atoms with van der Waals surface area (Å²) in [7, 11) is 0. The zero-order valence-electron chi connectivity index (χ0n) is 14.7. The Kier molecular flexibility index (Phi) is 4.54. The molecular weight excluding hydrogens is 332 g/mol. The molecule has 1 aromatic heterocycles. The van der Waals surface area contributed by atoms with Crippen LogP contribution in [-0.4, -0.2) is 25.9 Å². The summed E-state index contributed by atoms with van der Waals surface area (Å²) >= 11 is 1.51. The zero-order chi connectivity index (χ0) is 17.4. The van der Waals surface area contributed by atoms with Gasteiger partial charge in [-0.15, -0.1) is 10.2 Å². The van der Waals surface area contributed by atoms with Gasteiger partial charge in [0.05, 0.1) is 11.3 Å². The van der Waals surface area contributed by atoms with E-state index in [1.807, 2.05) is 13.8 Å². The van der Waals surface area contributed by atoms with Gasteiger partial charge in [-0.1, -0.05) is 36.0 Å². The maximum Gasteiger partial charge on any atom is 0.233 e. The van der Waals surface area contributed by atoms with Crippen LogP contribution in [0.25, 0.3) is 0 Å². The molecular formula is C19H24N4OS. The highest BCUT2D eigenvalue weighted by atomic mass is 32.2. The maximum absolute atomic E-state index is 12.7. The van der Waals surface area contributed by atoms with Crippen molar-refractivity contribution in [2.45, 2.75) is 68.4 Å². The second kappa shape index (κ2) is 6.83. The minimum atomic E-state index is -0.185. The Morgan fingerprint density at radius 3 is 2.88 bits per heavy atom. The van der Waals surface area contributed by atoms with Gasteiger partial charge in [-0.25, -0.2) is 0 Å². The maximum atomic E-state index is 12.7. The fraction of sp³-hybridized carbons (Fsp3) is 0.526. The van der Waals surface area contributed by atoms with Crippen molar-refractivity contribution in [3.8, 4) is 0 Å². The summed E-state index contributed by atoms with van der Waals surface area (Å²) < 4.78 is 2.18. The highest BCUT2D eigenvalue weighted by Crippen LogP contribution is 2.39. The Balaban J connectivity index is 1.43. The third kappa shape index (κ3) is 3.45. The van der Waals surface area contributed by atoms with Gasteiger partial charge in [-0.2, -0.15) is 0 Å².